The number of methoxy groups -OCH3 is 1. The molecule has 1 saturated carbocycles. The number of aliphatic imine (C=N–C) groups is 1. The minimum absolute atomic E-state index is 0.886. The molecule has 3 rings (SSSR count). The molecule has 1 aliphatic heterocycles. The molecule has 2 unspecified atom stereocenters. The molecule has 2 aliphatic rings. The highest BCUT2D eigenvalue weighted by atomic mass is 16.5. The van der Waals surface area contributed by atoms with Crippen LogP contribution in [-0.2, 0) is 6.42 Å². The van der Waals surface area contributed by atoms with Crippen molar-refractivity contribution in [3.05, 3.63) is 29.8 Å². The summed E-state index contributed by atoms with van der Waals surface area (Å²) in [5.74, 6) is 3.80. The molecular weight excluding hydrogens is 286 g/mol. The quantitative estimate of drug-likeness (QED) is 0.685. The molecule has 23 heavy (non-hydrogen) atoms. The summed E-state index contributed by atoms with van der Waals surface area (Å²) >= 11 is 0. The largest absolute Gasteiger partial charge is 0.496 e. The summed E-state index contributed by atoms with van der Waals surface area (Å²) in [5, 5.41) is 3.54. The number of nitrogens with one attached hydrogen (secondary N) is 1. The van der Waals surface area contributed by atoms with Crippen molar-refractivity contribution in [3.8, 4) is 5.75 Å². The predicted molar refractivity (Wildman–Crippen MR) is 95.1 cm³/mol. The third-order valence-corrected chi connectivity index (χ3v) is 5.36. The van der Waals surface area contributed by atoms with E-state index in [1.54, 1.807) is 7.11 Å². The van der Waals surface area contributed by atoms with Crippen LogP contribution in [0.3, 0.4) is 0 Å². The first-order valence-electron chi connectivity index (χ1n) is 8.89. The van der Waals surface area contributed by atoms with Gasteiger partial charge >= 0.3 is 0 Å². The Morgan fingerprint density at radius 1 is 1.22 bits per heavy atom. The molecule has 126 valence electrons. The highest BCUT2D eigenvalue weighted by Gasteiger charge is 2.35. The molecule has 1 aliphatic carbocycles. The van der Waals surface area contributed by atoms with Gasteiger partial charge in [-0.3, -0.25) is 4.99 Å². The fraction of sp³-hybridized carbons (Fsp3) is 0.632. The highest BCUT2D eigenvalue weighted by molar-refractivity contribution is 5.80. The molecule has 0 amide bonds. The summed E-state index contributed by atoms with van der Waals surface area (Å²) < 4.78 is 5.42. The van der Waals surface area contributed by atoms with Crippen molar-refractivity contribution in [1.29, 1.82) is 0 Å². The van der Waals surface area contributed by atoms with E-state index in [2.05, 4.69) is 27.3 Å². The van der Waals surface area contributed by atoms with E-state index in [-0.39, 0.29) is 0 Å². The molecule has 2 atom stereocenters. The number of likely N-dealkylation sites (tertiary alicyclic amines) is 1. The summed E-state index contributed by atoms with van der Waals surface area (Å²) in [6.45, 7) is 3.25. The lowest BCUT2D eigenvalue weighted by atomic mass is 9.82. The first-order chi connectivity index (χ1) is 11.3. The maximum absolute atomic E-state index is 5.42. The minimum Gasteiger partial charge on any atom is -0.496 e. The summed E-state index contributed by atoms with van der Waals surface area (Å²) in [4.78, 5) is 6.96. The summed E-state index contributed by atoms with van der Waals surface area (Å²) in [6.07, 6.45) is 6.58. The van der Waals surface area contributed by atoms with Gasteiger partial charge < -0.3 is 15.0 Å². The van der Waals surface area contributed by atoms with E-state index in [0.29, 0.717) is 0 Å². The van der Waals surface area contributed by atoms with E-state index in [1.807, 2.05) is 19.2 Å². The van der Waals surface area contributed by atoms with Crippen molar-refractivity contribution in [3.63, 3.8) is 0 Å². The lowest BCUT2D eigenvalue weighted by Crippen LogP contribution is -2.41. The van der Waals surface area contributed by atoms with E-state index in [1.165, 1.54) is 44.3 Å². The Labute approximate surface area is 139 Å². The SMILES string of the molecule is CN=C(NCCc1ccccc1OC)N1CC2CCCCC2C1. The van der Waals surface area contributed by atoms with E-state index in [0.717, 1.165) is 36.5 Å². The molecule has 0 radical (unpaired) electrons. The molecule has 2 fully saturated rings. The summed E-state index contributed by atoms with van der Waals surface area (Å²) in [6, 6.07) is 8.24. The molecule has 1 N–H and O–H groups in total. The van der Waals surface area contributed by atoms with Crippen molar-refractivity contribution in [1.82, 2.24) is 10.2 Å². The second-order valence-corrected chi connectivity index (χ2v) is 6.75. The maximum atomic E-state index is 5.42. The standard InChI is InChI=1S/C19H29N3O/c1-20-19(22-13-16-8-3-4-9-17(16)14-22)21-12-11-15-7-5-6-10-18(15)23-2/h5-7,10,16-17H,3-4,8-9,11-14H2,1-2H3,(H,20,21). The zero-order valence-corrected chi connectivity index (χ0v) is 14.4. The molecule has 1 aromatic carbocycles. The van der Waals surface area contributed by atoms with Crippen molar-refractivity contribution in [2.45, 2.75) is 32.1 Å². The Hall–Kier alpha value is -1.71. The van der Waals surface area contributed by atoms with Crippen molar-refractivity contribution in [2.24, 2.45) is 16.8 Å². The Morgan fingerprint density at radius 3 is 2.57 bits per heavy atom. The van der Waals surface area contributed by atoms with Gasteiger partial charge in [0.25, 0.3) is 0 Å². The fourth-order valence-electron chi connectivity index (χ4n) is 4.13. The number of guanidine groups is 1. The number of nitrogens with zero attached hydrogens (tertiary/aromatic N) is 2. The van der Waals surface area contributed by atoms with Gasteiger partial charge in [0.1, 0.15) is 5.75 Å². The molecule has 1 saturated heterocycles. The molecule has 0 spiro atoms. The number of benzene rings is 1. The van der Waals surface area contributed by atoms with Crippen molar-refractivity contribution < 1.29 is 4.74 Å². The lowest BCUT2D eigenvalue weighted by molar-refractivity contribution is 0.299. The van der Waals surface area contributed by atoms with E-state index in [4.69, 9.17) is 4.74 Å². The third kappa shape index (κ3) is 3.80. The van der Waals surface area contributed by atoms with Gasteiger partial charge in [0.15, 0.2) is 5.96 Å². The summed E-state index contributed by atoms with van der Waals surface area (Å²) in [7, 11) is 3.63. The van der Waals surface area contributed by atoms with E-state index < -0.39 is 0 Å². The second-order valence-electron chi connectivity index (χ2n) is 6.75. The van der Waals surface area contributed by atoms with Crippen molar-refractivity contribution in [2.75, 3.05) is 33.8 Å². The van der Waals surface area contributed by atoms with Gasteiger partial charge in [0, 0.05) is 26.7 Å². The highest BCUT2D eigenvalue weighted by Crippen LogP contribution is 2.35. The molecule has 1 aromatic rings. The number of hydrogen-bond donors (Lipinski definition) is 1. The zero-order valence-electron chi connectivity index (χ0n) is 14.4. The third-order valence-electron chi connectivity index (χ3n) is 5.36. The first kappa shape index (κ1) is 16.2. The molecule has 4 nitrogen and oxygen atoms in total. The maximum Gasteiger partial charge on any atom is 0.193 e. The average Bonchev–Trinajstić information content (AvgIpc) is 3.03. The molecule has 4 heteroatoms. The van der Waals surface area contributed by atoms with Crippen LogP contribution in [0.15, 0.2) is 29.3 Å². The van der Waals surface area contributed by atoms with E-state index in [9.17, 15) is 0 Å². The van der Waals surface area contributed by atoms with Crippen LogP contribution in [0.25, 0.3) is 0 Å². The zero-order chi connectivity index (χ0) is 16.1. The molecular formula is C19H29N3O. The normalized spacial score (nSPS) is 24.4. The van der Waals surface area contributed by atoms with Crippen LogP contribution in [0.2, 0.25) is 0 Å². The minimum atomic E-state index is 0.886. The van der Waals surface area contributed by atoms with Crippen LogP contribution in [0, 0.1) is 11.8 Å². The predicted octanol–water partition coefficient (Wildman–Crippen LogP) is 2.94. The molecule has 0 aromatic heterocycles. The first-order valence-corrected chi connectivity index (χ1v) is 8.89. The number of ether oxygens (including phenoxy) is 1. The smallest absolute Gasteiger partial charge is 0.193 e. The van der Waals surface area contributed by atoms with Gasteiger partial charge in [-0.1, -0.05) is 31.0 Å². The van der Waals surface area contributed by atoms with Crippen LogP contribution in [0.5, 0.6) is 5.75 Å². The Kier molecular flexibility index (Phi) is 5.42. The Morgan fingerprint density at radius 2 is 1.91 bits per heavy atom. The number of rotatable bonds is 4. The monoisotopic (exact) mass is 315 g/mol. The molecule has 1 heterocycles. The second kappa shape index (κ2) is 7.71. The topological polar surface area (TPSA) is 36.9 Å². The lowest BCUT2D eigenvalue weighted by Gasteiger charge is -2.22. The van der Waals surface area contributed by atoms with Crippen LogP contribution in [-0.4, -0.2) is 44.7 Å². The van der Waals surface area contributed by atoms with E-state index >= 15 is 0 Å². The van der Waals surface area contributed by atoms with Crippen LogP contribution >= 0.6 is 0 Å². The van der Waals surface area contributed by atoms with Gasteiger partial charge in [-0.25, -0.2) is 0 Å². The Bertz CT molecular complexity index is 529. The van der Waals surface area contributed by atoms with Gasteiger partial charge in [0.05, 0.1) is 7.11 Å². The fourth-order valence-corrected chi connectivity index (χ4v) is 4.13. The van der Waals surface area contributed by atoms with Crippen LogP contribution < -0.4 is 10.1 Å². The summed E-state index contributed by atoms with van der Waals surface area (Å²) in [5.41, 5.74) is 1.24. The number of para-hydroxylation sites is 1. The van der Waals surface area contributed by atoms with Gasteiger partial charge in [-0.05, 0) is 42.7 Å². The molecule has 0 bridgehead atoms. The number of fused-ring (bicyclic) bond motifs is 1. The Balaban J connectivity index is 1.52. The van der Waals surface area contributed by atoms with Gasteiger partial charge in [-0.2, -0.15) is 0 Å². The average molecular weight is 315 g/mol. The van der Waals surface area contributed by atoms with Crippen molar-refractivity contribution >= 4 is 5.96 Å². The van der Waals surface area contributed by atoms with Crippen LogP contribution in [0.4, 0.5) is 0 Å². The van der Waals surface area contributed by atoms with Gasteiger partial charge in [0.2, 0.25) is 0 Å². The number of hydrogen-bond acceptors (Lipinski definition) is 2. The van der Waals surface area contributed by atoms with Gasteiger partial charge in [-0.15, -0.1) is 0 Å². The van der Waals surface area contributed by atoms with Crippen LogP contribution in [0.1, 0.15) is 31.2 Å².